The molecule has 12 atom stereocenters. The monoisotopic (exact) mass is 880 g/mol. The summed E-state index contributed by atoms with van der Waals surface area (Å²) in [5.74, 6) is 4.74. The Kier molecular flexibility index (Phi) is 16.9. The molecule has 4 aliphatic carbocycles. The molecule has 1 aliphatic heterocycles. The Morgan fingerprint density at radius 1 is 1.03 bits per heavy atom. The number of aromatic amines is 1. The van der Waals surface area contributed by atoms with Crippen LogP contribution >= 0.6 is 8.53 Å². The minimum Gasteiger partial charge on any atom is -0.353 e. The lowest BCUT2D eigenvalue weighted by atomic mass is 9.44. The van der Waals surface area contributed by atoms with Gasteiger partial charge in [0, 0.05) is 50.2 Å². The van der Waals surface area contributed by atoms with Gasteiger partial charge in [-0.05, 0) is 151 Å². The molecule has 0 aromatic carbocycles. The molecule has 1 amide bonds. The molecule has 12 nitrogen and oxygen atoms in total. The number of nitrogens with zero attached hydrogens (tertiary/aromatic N) is 3. The molecule has 2 N–H and O–H groups in total. The molecule has 4 saturated carbocycles. The molecular weight excluding hydrogens is 802 g/mol. The molecule has 0 spiro atoms. The summed E-state index contributed by atoms with van der Waals surface area (Å²) in [4.78, 5) is 54.1. The third-order valence-electron chi connectivity index (χ3n) is 16.3. The van der Waals surface area contributed by atoms with Crippen molar-refractivity contribution >= 4 is 26.3 Å². The molecule has 13 heteroatoms. The van der Waals surface area contributed by atoms with E-state index in [4.69, 9.17) is 19.0 Å². The van der Waals surface area contributed by atoms with Crippen LogP contribution in [0, 0.1) is 57.7 Å². The van der Waals surface area contributed by atoms with Crippen LogP contribution in [0.3, 0.4) is 0 Å². The average molecular weight is 880 g/mol. The number of fused-ring (bicyclic) bond motifs is 5. The lowest BCUT2D eigenvalue weighted by Crippen LogP contribution is -2.53. The molecular formula is C49H78N5O7P. The van der Waals surface area contributed by atoms with Gasteiger partial charge in [0.05, 0.1) is 36.9 Å². The quantitative estimate of drug-likeness (QED) is 0.0740. The summed E-state index contributed by atoms with van der Waals surface area (Å²) in [6.45, 7) is 18.5. The van der Waals surface area contributed by atoms with Gasteiger partial charge < -0.3 is 19.1 Å². The van der Waals surface area contributed by atoms with E-state index in [1.54, 1.807) is 0 Å². The number of carbonyl (C=O) groups excluding carboxylic acids is 2. The number of ether oxygens (including phenoxy) is 1. The maximum Gasteiger partial charge on any atom is 0.330 e. The van der Waals surface area contributed by atoms with Crippen LogP contribution in [0.15, 0.2) is 21.9 Å². The Balaban J connectivity index is 0.954. The van der Waals surface area contributed by atoms with Crippen molar-refractivity contribution in [3.05, 3.63) is 38.7 Å². The van der Waals surface area contributed by atoms with Crippen molar-refractivity contribution in [2.75, 3.05) is 13.2 Å². The molecule has 5 aliphatic rings. The van der Waals surface area contributed by atoms with Gasteiger partial charge in [-0.2, -0.15) is 5.26 Å². The number of nitriles is 1. The first kappa shape index (κ1) is 48.8. The maximum absolute atomic E-state index is 13.1. The van der Waals surface area contributed by atoms with E-state index in [-0.39, 0.29) is 48.5 Å². The molecule has 62 heavy (non-hydrogen) atoms. The van der Waals surface area contributed by atoms with Gasteiger partial charge in [-0.1, -0.05) is 40.5 Å². The summed E-state index contributed by atoms with van der Waals surface area (Å²) in [6.07, 6.45) is 20.5. The molecule has 1 saturated heterocycles. The highest BCUT2D eigenvalue weighted by Gasteiger charge is 2.60. The summed E-state index contributed by atoms with van der Waals surface area (Å²) in [5.41, 5.74) is -0.110. The number of hydrogen-bond donors (Lipinski definition) is 2. The number of Topliss-reactive ketones (excluding diaryl/α,β-unsaturated/α-hetero) is 1. The minimum absolute atomic E-state index is 0.129. The first-order valence-electron chi connectivity index (χ1n) is 24.3. The van der Waals surface area contributed by atoms with E-state index in [1.807, 2.05) is 6.92 Å². The fourth-order valence-electron chi connectivity index (χ4n) is 13.3. The number of amides is 1. The molecule has 346 valence electrons. The summed E-state index contributed by atoms with van der Waals surface area (Å²) in [7, 11) is -1.52. The van der Waals surface area contributed by atoms with Crippen molar-refractivity contribution in [1.29, 1.82) is 5.26 Å². The molecule has 5 fully saturated rings. The average Bonchev–Trinajstić information content (AvgIpc) is 3.81. The van der Waals surface area contributed by atoms with Gasteiger partial charge in [-0.25, -0.2) is 9.46 Å². The maximum atomic E-state index is 13.1. The van der Waals surface area contributed by atoms with E-state index in [9.17, 15) is 19.2 Å². The lowest BCUT2D eigenvalue weighted by molar-refractivity contribution is -0.121. The van der Waals surface area contributed by atoms with Gasteiger partial charge in [0.15, 0.2) is 0 Å². The number of H-pyrrole nitrogens is 1. The molecule has 0 bridgehead atoms. The number of rotatable bonds is 20. The zero-order valence-corrected chi connectivity index (χ0v) is 40.1. The second-order valence-electron chi connectivity index (χ2n) is 20.6. The van der Waals surface area contributed by atoms with Crippen molar-refractivity contribution in [3.8, 4) is 6.07 Å². The largest absolute Gasteiger partial charge is 0.353 e. The zero-order valence-electron chi connectivity index (χ0n) is 39.2. The Morgan fingerprint density at radius 2 is 1.79 bits per heavy atom. The normalized spacial score (nSPS) is 33.0. The highest BCUT2D eigenvalue weighted by Crippen LogP contribution is 2.68. The number of hydrogen-bond acceptors (Lipinski definition) is 9. The predicted molar refractivity (Wildman–Crippen MR) is 245 cm³/mol. The topological polar surface area (TPSA) is 156 Å². The van der Waals surface area contributed by atoms with E-state index in [0.717, 1.165) is 30.1 Å². The minimum atomic E-state index is -1.52. The number of nitrogens with one attached hydrogen (secondary N) is 2. The van der Waals surface area contributed by atoms with Crippen LogP contribution in [0.5, 0.6) is 0 Å². The van der Waals surface area contributed by atoms with Crippen molar-refractivity contribution in [3.63, 3.8) is 0 Å². The predicted octanol–water partition coefficient (Wildman–Crippen LogP) is 9.84. The third kappa shape index (κ3) is 10.9. The summed E-state index contributed by atoms with van der Waals surface area (Å²) >= 11 is 0. The fraction of sp³-hybridized carbons (Fsp3) is 0.816. The van der Waals surface area contributed by atoms with Crippen LogP contribution < -0.4 is 16.6 Å². The van der Waals surface area contributed by atoms with Crippen LogP contribution in [0.1, 0.15) is 176 Å². The second-order valence-corrected chi connectivity index (χ2v) is 22.0. The molecule has 0 radical (unpaired) electrons. The zero-order chi connectivity index (χ0) is 44.8. The number of ketones is 1. The SMILES string of the molecule is CC[C@H]1O[C@@H](n2cc(/C=C/C(=O)NCCCC(=O)CC[C@@H](C)[C@H]3CC[C@H]4[C@@H]5CC[C@@H]6CCCC[C@]6(C)[C@H]5CC[C@]34C)c(=O)[nH]c2=O)C[C@H]1OP(OCCC#N)N(C(C)C)C(C)C. The Labute approximate surface area is 372 Å². The van der Waals surface area contributed by atoms with Gasteiger partial charge in [-0.15, -0.1) is 0 Å². The van der Waals surface area contributed by atoms with Gasteiger partial charge in [-0.3, -0.25) is 23.9 Å². The molecule has 1 aromatic heterocycles. The summed E-state index contributed by atoms with van der Waals surface area (Å²) in [5, 5.41) is 11.9. The highest BCUT2D eigenvalue weighted by atomic mass is 31.2. The fourth-order valence-corrected chi connectivity index (χ4v) is 15.1. The third-order valence-corrected chi connectivity index (χ3v) is 18.5. The van der Waals surface area contributed by atoms with E-state index < -0.39 is 32.1 Å². The van der Waals surface area contributed by atoms with E-state index in [2.05, 4.69) is 69.5 Å². The van der Waals surface area contributed by atoms with Crippen molar-refractivity contribution < 1.29 is 23.4 Å². The van der Waals surface area contributed by atoms with E-state index >= 15 is 0 Å². The van der Waals surface area contributed by atoms with Crippen molar-refractivity contribution in [1.82, 2.24) is 19.5 Å². The van der Waals surface area contributed by atoms with Crippen LogP contribution in [0.2, 0.25) is 0 Å². The van der Waals surface area contributed by atoms with E-state index in [1.165, 1.54) is 87.1 Å². The van der Waals surface area contributed by atoms with E-state index in [0.29, 0.717) is 61.3 Å². The molecule has 2 heterocycles. The standard InChI is InChI=1S/C49H78N5O7P/c1-9-42-43(61-62(59-29-13-27-50)54(32(2)3)33(4)5)30-45(60-42)53-31-35(46(57)52-47(53)58)17-23-44(56)51-28-12-15-37(55)19-16-34(6)39-21-22-40-38-20-18-36-14-10-11-25-48(36,7)41(38)24-26-49(39,40)8/h17,23,31-34,36,38-43,45H,9-16,18-22,24-26,28-30H2,1-8H3,(H,51,56)(H,52,57,58)/b23-17+/t34-,36+,38+,39-,40+,41+,42-,43-,45-,48+,49-,62?/m1/s1. The van der Waals surface area contributed by atoms with Crippen LogP contribution in [0.4, 0.5) is 0 Å². The molecule has 6 rings (SSSR count). The first-order valence-corrected chi connectivity index (χ1v) is 25.5. The number of carbonyl (C=O) groups is 2. The molecule has 1 unspecified atom stereocenters. The Morgan fingerprint density at radius 3 is 2.52 bits per heavy atom. The van der Waals surface area contributed by atoms with Gasteiger partial charge in [0.2, 0.25) is 5.91 Å². The van der Waals surface area contributed by atoms with Crippen LogP contribution in [0.25, 0.3) is 6.08 Å². The smallest absolute Gasteiger partial charge is 0.330 e. The van der Waals surface area contributed by atoms with Crippen LogP contribution in [-0.2, 0) is 23.4 Å². The van der Waals surface area contributed by atoms with Crippen molar-refractivity contribution in [2.45, 2.75) is 195 Å². The Bertz CT molecular complexity index is 1870. The second kappa shape index (κ2) is 21.5. The first-order chi connectivity index (χ1) is 29.6. The Hall–Kier alpha value is -2.68. The van der Waals surface area contributed by atoms with Crippen LogP contribution in [-0.4, -0.2) is 63.4 Å². The molecule has 1 aromatic rings. The van der Waals surface area contributed by atoms with Crippen molar-refractivity contribution in [2.24, 2.45) is 46.3 Å². The van der Waals surface area contributed by atoms with Gasteiger partial charge >= 0.3 is 5.69 Å². The number of aromatic nitrogens is 2. The summed E-state index contributed by atoms with van der Waals surface area (Å²) in [6, 6.07) is 2.38. The lowest BCUT2D eigenvalue weighted by Gasteiger charge is -2.61. The highest BCUT2D eigenvalue weighted by molar-refractivity contribution is 7.44. The van der Waals surface area contributed by atoms with Gasteiger partial charge in [0.1, 0.15) is 12.0 Å². The van der Waals surface area contributed by atoms with Gasteiger partial charge in [0.25, 0.3) is 14.1 Å². The summed E-state index contributed by atoms with van der Waals surface area (Å²) < 4.78 is 22.5.